The molecular weight excluding hydrogens is 362 g/mol. The van der Waals surface area contributed by atoms with Crippen LogP contribution in [-0.4, -0.2) is 42.5 Å². The molecule has 1 N–H and O–H groups in total. The number of aryl methyl sites for hydroxylation is 1. The lowest BCUT2D eigenvalue weighted by Gasteiger charge is -2.15. The maximum absolute atomic E-state index is 4.70. The van der Waals surface area contributed by atoms with Gasteiger partial charge in [-0.3, -0.25) is 9.88 Å². The van der Waals surface area contributed by atoms with E-state index in [0.717, 1.165) is 34.8 Å². The van der Waals surface area contributed by atoms with E-state index in [4.69, 9.17) is 4.98 Å². The summed E-state index contributed by atoms with van der Waals surface area (Å²) in [6.45, 7) is 3.38. The topological polar surface area (TPSA) is 71.8 Å². The molecule has 7 heteroatoms. The molecule has 0 aliphatic carbocycles. The van der Waals surface area contributed by atoms with E-state index in [-0.39, 0.29) is 0 Å². The number of imidazole rings is 1. The first kappa shape index (κ1) is 17.8. The maximum Gasteiger partial charge on any atom is 0.229 e. The minimum atomic E-state index is 0.570. The van der Waals surface area contributed by atoms with Gasteiger partial charge in [0.05, 0.1) is 6.20 Å². The Morgan fingerprint density at radius 2 is 1.86 bits per heavy atom. The molecule has 0 radical (unpaired) electrons. The van der Waals surface area contributed by atoms with Crippen LogP contribution < -0.4 is 5.32 Å². The van der Waals surface area contributed by atoms with Crippen molar-refractivity contribution in [2.45, 2.75) is 19.4 Å². The van der Waals surface area contributed by atoms with Crippen LogP contribution in [0, 0.1) is 0 Å². The van der Waals surface area contributed by atoms with Gasteiger partial charge in [-0.15, -0.1) is 0 Å². The van der Waals surface area contributed by atoms with Crippen LogP contribution in [0.4, 0.5) is 11.6 Å². The SMILES string of the molecule is Cn1c(-c2ccncc2)nc2cnc(Nc3cccc(CN4CCCC4)c3)nc21. The number of hydrogen-bond donors (Lipinski definition) is 1. The first-order valence-electron chi connectivity index (χ1n) is 9.94. The van der Waals surface area contributed by atoms with Gasteiger partial charge < -0.3 is 9.88 Å². The lowest BCUT2D eigenvalue weighted by Crippen LogP contribution is -2.18. The summed E-state index contributed by atoms with van der Waals surface area (Å²) >= 11 is 0. The minimum Gasteiger partial charge on any atom is -0.324 e. The molecule has 4 aromatic rings. The number of rotatable bonds is 5. The normalized spacial score (nSPS) is 14.5. The molecule has 0 unspecified atom stereocenters. The number of hydrogen-bond acceptors (Lipinski definition) is 6. The molecule has 5 rings (SSSR count). The predicted molar refractivity (Wildman–Crippen MR) is 114 cm³/mol. The Kier molecular flexibility index (Phi) is 4.65. The van der Waals surface area contributed by atoms with Crippen molar-refractivity contribution < 1.29 is 0 Å². The second kappa shape index (κ2) is 7.60. The van der Waals surface area contributed by atoms with Gasteiger partial charge in [-0.05, 0) is 55.8 Å². The van der Waals surface area contributed by atoms with Crippen molar-refractivity contribution in [1.82, 2.24) is 29.4 Å². The first-order valence-corrected chi connectivity index (χ1v) is 9.94. The molecule has 7 nitrogen and oxygen atoms in total. The molecular formula is C22H23N7. The molecule has 0 atom stereocenters. The Labute approximate surface area is 169 Å². The summed E-state index contributed by atoms with van der Waals surface area (Å²) in [6, 6.07) is 12.4. The van der Waals surface area contributed by atoms with Crippen LogP contribution in [-0.2, 0) is 13.6 Å². The van der Waals surface area contributed by atoms with Gasteiger partial charge in [0, 0.05) is 37.2 Å². The van der Waals surface area contributed by atoms with E-state index >= 15 is 0 Å². The summed E-state index contributed by atoms with van der Waals surface area (Å²) < 4.78 is 1.99. The predicted octanol–water partition coefficient (Wildman–Crippen LogP) is 3.76. The molecule has 1 aliphatic heterocycles. The molecule has 1 aromatic carbocycles. The van der Waals surface area contributed by atoms with E-state index in [1.54, 1.807) is 18.6 Å². The lowest BCUT2D eigenvalue weighted by molar-refractivity contribution is 0.331. The minimum absolute atomic E-state index is 0.570. The van der Waals surface area contributed by atoms with Crippen molar-refractivity contribution in [3.05, 3.63) is 60.6 Å². The zero-order chi connectivity index (χ0) is 19.6. The van der Waals surface area contributed by atoms with Gasteiger partial charge in [0.2, 0.25) is 5.95 Å². The number of aromatic nitrogens is 5. The molecule has 4 heterocycles. The standard InChI is InChI=1S/C22H23N7/c1-28-20(17-7-9-23-10-8-17)26-19-14-24-22(27-21(19)28)25-18-6-4-5-16(13-18)15-29-11-2-3-12-29/h4-10,13-14H,2-3,11-12,15H2,1H3,(H,24,25,27). The van der Waals surface area contributed by atoms with Crippen molar-refractivity contribution in [3.8, 4) is 11.4 Å². The highest BCUT2D eigenvalue weighted by Gasteiger charge is 2.14. The number of fused-ring (bicyclic) bond motifs is 1. The second-order valence-electron chi connectivity index (χ2n) is 7.44. The molecule has 3 aromatic heterocycles. The van der Waals surface area contributed by atoms with Crippen LogP contribution in [0.5, 0.6) is 0 Å². The number of nitrogens with one attached hydrogen (secondary N) is 1. The molecule has 29 heavy (non-hydrogen) atoms. The summed E-state index contributed by atoms with van der Waals surface area (Å²) in [5, 5.41) is 3.35. The molecule has 1 saturated heterocycles. The van der Waals surface area contributed by atoms with Crippen LogP contribution in [0.3, 0.4) is 0 Å². The monoisotopic (exact) mass is 385 g/mol. The summed E-state index contributed by atoms with van der Waals surface area (Å²) in [4.78, 5) is 20.4. The average Bonchev–Trinajstić information content (AvgIpc) is 3.37. The summed E-state index contributed by atoms with van der Waals surface area (Å²) in [6.07, 6.45) is 7.91. The molecule has 0 spiro atoms. The van der Waals surface area contributed by atoms with Crippen LogP contribution in [0.1, 0.15) is 18.4 Å². The van der Waals surface area contributed by atoms with Crippen LogP contribution >= 0.6 is 0 Å². The third-order valence-electron chi connectivity index (χ3n) is 5.34. The van der Waals surface area contributed by atoms with E-state index in [0.29, 0.717) is 5.95 Å². The zero-order valence-corrected chi connectivity index (χ0v) is 16.4. The van der Waals surface area contributed by atoms with Gasteiger partial charge in [-0.25, -0.2) is 9.97 Å². The number of anilines is 2. The molecule has 146 valence electrons. The largest absolute Gasteiger partial charge is 0.324 e. The van der Waals surface area contributed by atoms with Gasteiger partial charge in [0.1, 0.15) is 11.3 Å². The second-order valence-corrected chi connectivity index (χ2v) is 7.44. The quantitative estimate of drug-likeness (QED) is 0.564. The maximum atomic E-state index is 4.70. The van der Waals surface area contributed by atoms with Gasteiger partial charge >= 0.3 is 0 Å². The zero-order valence-electron chi connectivity index (χ0n) is 16.4. The van der Waals surface area contributed by atoms with E-state index in [2.05, 4.69) is 43.4 Å². The fourth-order valence-electron chi connectivity index (χ4n) is 3.88. The van der Waals surface area contributed by atoms with Gasteiger partial charge in [-0.2, -0.15) is 4.98 Å². The number of pyridine rings is 1. The van der Waals surface area contributed by atoms with Crippen molar-refractivity contribution in [1.29, 1.82) is 0 Å². The Hall–Kier alpha value is -3.32. The molecule has 0 bridgehead atoms. The van der Waals surface area contributed by atoms with Crippen LogP contribution in [0.25, 0.3) is 22.6 Å². The van der Waals surface area contributed by atoms with Crippen molar-refractivity contribution in [3.63, 3.8) is 0 Å². The first-order chi connectivity index (χ1) is 14.3. The van der Waals surface area contributed by atoms with E-state index in [1.165, 1.54) is 31.5 Å². The van der Waals surface area contributed by atoms with E-state index in [9.17, 15) is 0 Å². The van der Waals surface area contributed by atoms with Crippen molar-refractivity contribution >= 4 is 22.8 Å². The van der Waals surface area contributed by atoms with Crippen LogP contribution in [0.2, 0.25) is 0 Å². The third-order valence-corrected chi connectivity index (χ3v) is 5.34. The van der Waals surface area contributed by atoms with Gasteiger partial charge in [0.25, 0.3) is 0 Å². The fourth-order valence-corrected chi connectivity index (χ4v) is 3.88. The summed E-state index contributed by atoms with van der Waals surface area (Å²) in [7, 11) is 1.97. The Bertz CT molecular complexity index is 1130. The molecule has 1 fully saturated rings. The highest BCUT2D eigenvalue weighted by atomic mass is 15.2. The Balaban J connectivity index is 1.40. The molecule has 0 amide bonds. The van der Waals surface area contributed by atoms with Crippen molar-refractivity contribution in [2.24, 2.45) is 7.05 Å². The Morgan fingerprint density at radius 1 is 1.03 bits per heavy atom. The summed E-state index contributed by atoms with van der Waals surface area (Å²) in [5.74, 6) is 1.42. The lowest BCUT2D eigenvalue weighted by atomic mass is 10.2. The van der Waals surface area contributed by atoms with Crippen LogP contribution in [0.15, 0.2) is 55.0 Å². The molecule has 0 saturated carbocycles. The highest BCUT2D eigenvalue weighted by molar-refractivity contribution is 5.77. The number of nitrogens with zero attached hydrogens (tertiary/aromatic N) is 6. The fraction of sp³-hybridized carbons (Fsp3) is 0.273. The smallest absolute Gasteiger partial charge is 0.229 e. The van der Waals surface area contributed by atoms with E-state index in [1.807, 2.05) is 29.8 Å². The van der Waals surface area contributed by atoms with Gasteiger partial charge in [-0.1, -0.05) is 12.1 Å². The Morgan fingerprint density at radius 3 is 2.69 bits per heavy atom. The van der Waals surface area contributed by atoms with E-state index < -0.39 is 0 Å². The highest BCUT2D eigenvalue weighted by Crippen LogP contribution is 2.23. The summed E-state index contributed by atoms with van der Waals surface area (Å²) in [5.41, 5.74) is 4.87. The average molecular weight is 385 g/mol. The number of benzene rings is 1. The number of likely N-dealkylation sites (tertiary alicyclic amines) is 1. The van der Waals surface area contributed by atoms with Crippen molar-refractivity contribution in [2.75, 3.05) is 18.4 Å². The molecule has 1 aliphatic rings. The van der Waals surface area contributed by atoms with Gasteiger partial charge in [0.15, 0.2) is 5.65 Å². The third kappa shape index (κ3) is 3.69.